The lowest BCUT2D eigenvalue weighted by Crippen LogP contribution is -2.53. The molecule has 5 nitrogen and oxygen atoms in total. The van der Waals surface area contributed by atoms with E-state index in [4.69, 9.17) is 4.74 Å². The Balaban J connectivity index is 1.78. The minimum Gasteiger partial charge on any atom is -0.465 e. The zero-order chi connectivity index (χ0) is 13.2. The molecule has 0 saturated carbocycles. The lowest BCUT2D eigenvalue weighted by atomic mass is 9.84. The van der Waals surface area contributed by atoms with Crippen LogP contribution in [0, 0.1) is 5.92 Å². The Hall–Kier alpha value is -1.62. The predicted octanol–water partition coefficient (Wildman–Crippen LogP) is 1.37. The Morgan fingerprint density at radius 2 is 2.26 bits per heavy atom. The van der Waals surface area contributed by atoms with Gasteiger partial charge in [-0.15, -0.1) is 0 Å². The molecule has 19 heavy (non-hydrogen) atoms. The van der Waals surface area contributed by atoms with E-state index < -0.39 is 0 Å². The second-order valence-electron chi connectivity index (χ2n) is 5.28. The third-order valence-corrected chi connectivity index (χ3v) is 4.19. The zero-order valence-corrected chi connectivity index (χ0v) is 11.1. The van der Waals surface area contributed by atoms with Gasteiger partial charge in [-0.3, -0.25) is 0 Å². The molecule has 1 atom stereocenters. The molecule has 2 bridgehead atoms. The number of ether oxygens (including phenoxy) is 1. The number of rotatable bonds is 3. The number of aromatic nitrogens is 1. The first-order valence-corrected chi connectivity index (χ1v) is 6.80. The maximum Gasteiger partial charge on any atom is 0.341 e. The molecule has 0 amide bonds. The normalized spacial score (nSPS) is 29.0. The number of hydrogen-bond donors (Lipinski definition) is 1. The van der Waals surface area contributed by atoms with E-state index in [-0.39, 0.29) is 5.97 Å². The van der Waals surface area contributed by atoms with E-state index in [1.54, 1.807) is 18.3 Å². The molecule has 3 aliphatic rings. The minimum absolute atomic E-state index is 0.336. The lowest BCUT2D eigenvalue weighted by Gasteiger charge is -2.45. The standard InChI is InChI=1S/C14H19N3O2/c1-19-14(18)11-3-2-6-15-13(11)16-12-9-17-7-4-10(12)5-8-17/h2-3,6,10,12H,4-5,7-9H2,1H3,(H,15,16). The summed E-state index contributed by atoms with van der Waals surface area (Å²) in [6, 6.07) is 3.90. The summed E-state index contributed by atoms with van der Waals surface area (Å²) in [5.41, 5.74) is 0.515. The van der Waals surface area contributed by atoms with Crippen molar-refractivity contribution in [2.45, 2.75) is 18.9 Å². The summed E-state index contributed by atoms with van der Waals surface area (Å²) in [5, 5.41) is 3.44. The van der Waals surface area contributed by atoms with Crippen LogP contribution >= 0.6 is 0 Å². The SMILES string of the molecule is COC(=O)c1cccnc1NC1CN2CCC1CC2. The van der Waals surface area contributed by atoms with Crippen LogP contribution in [-0.2, 0) is 4.74 Å². The van der Waals surface area contributed by atoms with Crippen molar-refractivity contribution < 1.29 is 9.53 Å². The molecule has 102 valence electrons. The molecule has 4 rings (SSSR count). The predicted molar refractivity (Wildman–Crippen MR) is 72.2 cm³/mol. The van der Waals surface area contributed by atoms with Gasteiger partial charge in [0.2, 0.25) is 0 Å². The number of carbonyl (C=O) groups is 1. The quantitative estimate of drug-likeness (QED) is 0.833. The summed E-state index contributed by atoms with van der Waals surface area (Å²) < 4.78 is 4.80. The third kappa shape index (κ3) is 2.42. The molecule has 5 heteroatoms. The van der Waals surface area contributed by atoms with Crippen LogP contribution < -0.4 is 5.32 Å². The van der Waals surface area contributed by atoms with Crippen molar-refractivity contribution in [2.24, 2.45) is 5.92 Å². The number of hydrogen-bond acceptors (Lipinski definition) is 5. The number of nitrogens with one attached hydrogen (secondary N) is 1. The Labute approximate surface area is 113 Å². The number of anilines is 1. The number of nitrogens with zero attached hydrogens (tertiary/aromatic N) is 2. The van der Waals surface area contributed by atoms with E-state index in [0.29, 0.717) is 23.3 Å². The van der Waals surface area contributed by atoms with Crippen molar-refractivity contribution in [1.82, 2.24) is 9.88 Å². The van der Waals surface area contributed by atoms with Gasteiger partial charge in [0.1, 0.15) is 11.4 Å². The van der Waals surface area contributed by atoms with Crippen LogP contribution in [0.25, 0.3) is 0 Å². The van der Waals surface area contributed by atoms with E-state index in [1.807, 2.05) is 0 Å². The molecule has 0 aromatic carbocycles. The number of fused-ring (bicyclic) bond motifs is 3. The highest BCUT2D eigenvalue weighted by Crippen LogP contribution is 2.30. The maximum atomic E-state index is 11.7. The highest BCUT2D eigenvalue weighted by Gasteiger charge is 2.34. The second-order valence-corrected chi connectivity index (χ2v) is 5.28. The molecule has 1 aromatic heterocycles. The van der Waals surface area contributed by atoms with Gasteiger partial charge in [0, 0.05) is 18.8 Å². The van der Waals surface area contributed by atoms with Crippen molar-refractivity contribution >= 4 is 11.8 Å². The first-order chi connectivity index (χ1) is 9.28. The molecule has 1 unspecified atom stereocenters. The van der Waals surface area contributed by atoms with Gasteiger partial charge in [-0.1, -0.05) is 0 Å². The summed E-state index contributed by atoms with van der Waals surface area (Å²) >= 11 is 0. The smallest absolute Gasteiger partial charge is 0.341 e. The molecular weight excluding hydrogens is 242 g/mol. The Morgan fingerprint density at radius 1 is 1.47 bits per heavy atom. The van der Waals surface area contributed by atoms with Gasteiger partial charge in [-0.05, 0) is 44.0 Å². The molecule has 0 radical (unpaired) electrons. The number of esters is 1. The van der Waals surface area contributed by atoms with Crippen LogP contribution in [0.4, 0.5) is 5.82 Å². The van der Waals surface area contributed by atoms with Crippen molar-refractivity contribution in [3.63, 3.8) is 0 Å². The molecule has 0 spiro atoms. The van der Waals surface area contributed by atoms with Crippen molar-refractivity contribution in [3.8, 4) is 0 Å². The number of carbonyl (C=O) groups excluding carboxylic acids is 1. The second kappa shape index (κ2) is 5.17. The Bertz CT molecular complexity index is 470. The van der Waals surface area contributed by atoms with Crippen molar-refractivity contribution in [3.05, 3.63) is 23.9 Å². The summed E-state index contributed by atoms with van der Waals surface area (Å²) in [4.78, 5) is 18.5. The topological polar surface area (TPSA) is 54.5 Å². The van der Waals surface area contributed by atoms with Crippen LogP contribution in [0.5, 0.6) is 0 Å². The summed E-state index contributed by atoms with van der Waals surface area (Å²) in [6.07, 6.45) is 4.17. The molecule has 1 aromatic rings. The molecule has 1 N–H and O–H groups in total. The van der Waals surface area contributed by atoms with Crippen LogP contribution in [0.3, 0.4) is 0 Å². The largest absolute Gasteiger partial charge is 0.465 e. The van der Waals surface area contributed by atoms with Crippen LogP contribution in [-0.4, -0.2) is 48.6 Å². The Morgan fingerprint density at radius 3 is 2.89 bits per heavy atom. The van der Waals surface area contributed by atoms with Gasteiger partial charge in [-0.25, -0.2) is 9.78 Å². The zero-order valence-electron chi connectivity index (χ0n) is 11.1. The summed E-state index contributed by atoms with van der Waals surface area (Å²) in [6.45, 7) is 3.45. The number of methoxy groups -OCH3 is 1. The first-order valence-electron chi connectivity index (χ1n) is 6.80. The fraction of sp³-hybridized carbons (Fsp3) is 0.571. The van der Waals surface area contributed by atoms with E-state index in [1.165, 1.54) is 33.0 Å². The van der Waals surface area contributed by atoms with E-state index in [9.17, 15) is 4.79 Å². The van der Waals surface area contributed by atoms with Gasteiger partial charge in [0.05, 0.1) is 7.11 Å². The molecule has 3 fully saturated rings. The van der Waals surface area contributed by atoms with Gasteiger partial charge in [0.25, 0.3) is 0 Å². The fourth-order valence-corrected chi connectivity index (χ4v) is 3.10. The van der Waals surface area contributed by atoms with Gasteiger partial charge in [0.15, 0.2) is 0 Å². The third-order valence-electron chi connectivity index (χ3n) is 4.19. The monoisotopic (exact) mass is 261 g/mol. The van der Waals surface area contributed by atoms with Gasteiger partial charge < -0.3 is 15.0 Å². The molecule has 3 aliphatic heterocycles. The lowest BCUT2D eigenvalue weighted by molar-refractivity contribution is 0.0600. The number of piperidine rings is 3. The first kappa shape index (κ1) is 12.4. The summed E-state index contributed by atoms with van der Waals surface area (Å²) in [5.74, 6) is 1.00. The highest BCUT2D eigenvalue weighted by atomic mass is 16.5. The molecular formula is C14H19N3O2. The average Bonchev–Trinajstić information content (AvgIpc) is 2.48. The fourth-order valence-electron chi connectivity index (χ4n) is 3.10. The molecule has 3 saturated heterocycles. The van der Waals surface area contributed by atoms with Crippen LogP contribution in [0.2, 0.25) is 0 Å². The van der Waals surface area contributed by atoms with Crippen molar-refractivity contribution in [1.29, 1.82) is 0 Å². The van der Waals surface area contributed by atoms with Crippen LogP contribution in [0.1, 0.15) is 23.2 Å². The maximum absolute atomic E-state index is 11.7. The molecule has 4 heterocycles. The van der Waals surface area contributed by atoms with Gasteiger partial charge >= 0.3 is 5.97 Å². The van der Waals surface area contributed by atoms with E-state index in [2.05, 4.69) is 15.2 Å². The van der Waals surface area contributed by atoms with Gasteiger partial charge in [-0.2, -0.15) is 0 Å². The summed E-state index contributed by atoms with van der Waals surface area (Å²) in [7, 11) is 1.40. The van der Waals surface area contributed by atoms with E-state index in [0.717, 1.165) is 6.54 Å². The van der Waals surface area contributed by atoms with Crippen LogP contribution in [0.15, 0.2) is 18.3 Å². The minimum atomic E-state index is -0.336. The van der Waals surface area contributed by atoms with E-state index >= 15 is 0 Å². The highest BCUT2D eigenvalue weighted by molar-refractivity contribution is 5.94. The Kier molecular flexibility index (Phi) is 3.38. The van der Waals surface area contributed by atoms with Crippen molar-refractivity contribution in [2.75, 3.05) is 32.1 Å². The average molecular weight is 261 g/mol. The number of pyridine rings is 1. The molecule has 0 aliphatic carbocycles.